The van der Waals surface area contributed by atoms with E-state index >= 15 is 0 Å². The summed E-state index contributed by atoms with van der Waals surface area (Å²) in [4.78, 5) is 12.8. The van der Waals surface area contributed by atoms with Crippen molar-refractivity contribution in [3.05, 3.63) is 71.0 Å². The first-order valence-corrected chi connectivity index (χ1v) is 9.91. The Morgan fingerprint density at radius 2 is 2.00 bits per heavy atom. The van der Waals surface area contributed by atoms with E-state index in [0.29, 0.717) is 27.8 Å². The van der Waals surface area contributed by atoms with Crippen LogP contribution in [0.2, 0.25) is 0 Å². The van der Waals surface area contributed by atoms with E-state index < -0.39 is 0 Å². The molecule has 0 amide bonds. The van der Waals surface area contributed by atoms with Crippen molar-refractivity contribution in [1.29, 1.82) is 0 Å². The fourth-order valence-electron chi connectivity index (χ4n) is 3.14. The Bertz CT molecular complexity index is 1180. The number of ketones is 1. The Balaban J connectivity index is 1.51. The van der Waals surface area contributed by atoms with Crippen molar-refractivity contribution in [2.75, 3.05) is 5.75 Å². The van der Waals surface area contributed by atoms with Crippen LogP contribution < -0.4 is 0 Å². The zero-order chi connectivity index (χ0) is 20.5. The van der Waals surface area contributed by atoms with E-state index in [0.717, 1.165) is 23.1 Å². The minimum Gasteiger partial charge on any atom is -0.459 e. The van der Waals surface area contributed by atoms with Gasteiger partial charge in [-0.1, -0.05) is 17.8 Å². The van der Waals surface area contributed by atoms with Gasteiger partial charge in [-0.25, -0.2) is 4.39 Å². The maximum atomic E-state index is 14.0. The first-order valence-electron chi connectivity index (χ1n) is 8.93. The molecule has 0 atom stereocenters. The summed E-state index contributed by atoms with van der Waals surface area (Å²) < 4.78 is 26.6. The number of aryl methyl sites for hydroxylation is 2. The minimum absolute atomic E-state index is 0.0697. The quantitative estimate of drug-likeness (QED) is 0.322. The Labute approximate surface area is 170 Å². The average Bonchev–Trinajstić information content (AvgIpc) is 3.43. The second-order valence-corrected chi connectivity index (χ2v) is 7.54. The van der Waals surface area contributed by atoms with Crippen LogP contribution in [0.1, 0.15) is 27.3 Å². The molecule has 3 heterocycles. The molecule has 0 fully saturated rings. The molecule has 0 unspecified atom stereocenters. The van der Waals surface area contributed by atoms with Gasteiger partial charge in [0.2, 0.25) is 0 Å². The molecule has 4 aromatic rings. The molecule has 0 saturated carbocycles. The summed E-state index contributed by atoms with van der Waals surface area (Å²) in [6.45, 7) is 5.46. The average molecular weight is 411 g/mol. The summed E-state index contributed by atoms with van der Waals surface area (Å²) >= 11 is 1.16. The van der Waals surface area contributed by atoms with Crippen LogP contribution in [0.5, 0.6) is 0 Å². The van der Waals surface area contributed by atoms with Crippen LogP contribution in [0.15, 0.2) is 56.7 Å². The van der Waals surface area contributed by atoms with E-state index in [1.54, 1.807) is 25.1 Å². The van der Waals surface area contributed by atoms with Crippen molar-refractivity contribution in [3.8, 4) is 17.3 Å². The van der Waals surface area contributed by atoms with Gasteiger partial charge in [0.15, 0.2) is 11.5 Å². The molecule has 3 aromatic heterocycles. The van der Waals surface area contributed by atoms with Crippen molar-refractivity contribution in [2.45, 2.75) is 26.0 Å². The summed E-state index contributed by atoms with van der Waals surface area (Å²) in [7, 11) is 0. The van der Waals surface area contributed by atoms with Gasteiger partial charge in [-0.15, -0.1) is 10.2 Å². The highest BCUT2D eigenvalue weighted by atomic mass is 32.2. The molecule has 0 saturated heterocycles. The molecule has 6 nitrogen and oxygen atoms in total. The van der Waals surface area contributed by atoms with Gasteiger partial charge in [0, 0.05) is 22.6 Å². The number of rotatable bonds is 6. The molecule has 0 aliphatic carbocycles. The highest BCUT2D eigenvalue weighted by molar-refractivity contribution is 7.99. The van der Waals surface area contributed by atoms with Crippen LogP contribution in [0.25, 0.3) is 17.3 Å². The number of hydrogen-bond acceptors (Lipinski definition) is 6. The highest BCUT2D eigenvalue weighted by Gasteiger charge is 2.19. The second-order valence-electron chi connectivity index (χ2n) is 6.62. The molecule has 0 aliphatic rings. The van der Waals surface area contributed by atoms with Gasteiger partial charge in [-0.05, 0) is 56.7 Å². The molecule has 0 spiro atoms. The van der Waals surface area contributed by atoms with Crippen LogP contribution in [0.4, 0.5) is 4.39 Å². The third-order valence-corrected chi connectivity index (χ3v) is 5.43. The first kappa shape index (κ1) is 19.2. The normalized spacial score (nSPS) is 11.2. The van der Waals surface area contributed by atoms with E-state index in [1.807, 2.05) is 30.5 Å². The second kappa shape index (κ2) is 7.71. The molecule has 0 bridgehead atoms. The standard InChI is InChI=1S/C21H18FN3O3S/c1-12-6-7-15(10-17(12)22)25-13(2)9-16(14(25)3)18(26)11-29-21-24-23-20(28-21)19-5-4-8-27-19/h4-10H,11H2,1-3H3. The van der Waals surface area contributed by atoms with E-state index in [-0.39, 0.29) is 23.2 Å². The Hall–Kier alpha value is -3.13. The molecule has 0 radical (unpaired) electrons. The van der Waals surface area contributed by atoms with Crippen molar-refractivity contribution >= 4 is 17.5 Å². The van der Waals surface area contributed by atoms with Crippen LogP contribution in [0, 0.1) is 26.6 Å². The van der Waals surface area contributed by atoms with E-state index in [4.69, 9.17) is 8.83 Å². The number of thioether (sulfide) groups is 1. The van der Waals surface area contributed by atoms with Crippen molar-refractivity contribution in [2.24, 2.45) is 0 Å². The van der Waals surface area contributed by atoms with Gasteiger partial charge in [0.05, 0.1) is 12.0 Å². The lowest BCUT2D eigenvalue weighted by molar-refractivity contribution is 0.102. The maximum absolute atomic E-state index is 14.0. The first-order chi connectivity index (χ1) is 13.9. The van der Waals surface area contributed by atoms with Crippen LogP contribution in [0.3, 0.4) is 0 Å². The number of carbonyl (C=O) groups excluding carboxylic acids is 1. The van der Waals surface area contributed by atoms with Gasteiger partial charge in [-0.3, -0.25) is 4.79 Å². The smallest absolute Gasteiger partial charge is 0.284 e. The number of nitrogens with zero attached hydrogens (tertiary/aromatic N) is 3. The Morgan fingerprint density at radius 1 is 1.17 bits per heavy atom. The summed E-state index contributed by atoms with van der Waals surface area (Å²) in [6.07, 6.45) is 1.52. The molecule has 0 N–H and O–H groups in total. The van der Waals surface area contributed by atoms with Gasteiger partial charge in [0.25, 0.3) is 11.1 Å². The number of aromatic nitrogens is 3. The predicted octanol–water partition coefficient (Wildman–Crippen LogP) is 5.16. The third-order valence-electron chi connectivity index (χ3n) is 4.61. The largest absolute Gasteiger partial charge is 0.459 e. The molecule has 148 valence electrons. The van der Waals surface area contributed by atoms with Gasteiger partial charge in [-0.2, -0.15) is 0 Å². The zero-order valence-electron chi connectivity index (χ0n) is 16.1. The lowest BCUT2D eigenvalue weighted by Crippen LogP contribution is -2.06. The Morgan fingerprint density at radius 3 is 2.72 bits per heavy atom. The number of halogens is 1. The summed E-state index contributed by atoms with van der Waals surface area (Å²) in [5.74, 6) is 0.544. The minimum atomic E-state index is -0.276. The fourth-order valence-corrected chi connectivity index (χ4v) is 3.78. The summed E-state index contributed by atoms with van der Waals surface area (Å²) in [5, 5.41) is 8.14. The van der Waals surface area contributed by atoms with Crippen molar-refractivity contribution in [3.63, 3.8) is 0 Å². The van der Waals surface area contributed by atoms with Gasteiger partial charge < -0.3 is 13.4 Å². The highest BCUT2D eigenvalue weighted by Crippen LogP contribution is 2.26. The van der Waals surface area contributed by atoms with Crippen molar-refractivity contribution in [1.82, 2.24) is 14.8 Å². The lowest BCUT2D eigenvalue weighted by atomic mass is 10.2. The van der Waals surface area contributed by atoms with E-state index in [1.165, 1.54) is 12.3 Å². The predicted molar refractivity (Wildman–Crippen MR) is 107 cm³/mol. The number of benzene rings is 1. The molecule has 8 heteroatoms. The number of hydrogen-bond donors (Lipinski definition) is 0. The fraction of sp³-hybridized carbons (Fsp3) is 0.190. The summed E-state index contributed by atoms with van der Waals surface area (Å²) in [6, 6.07) is 10.3. The van der Waals surface area contributed by atoms with Gasteiger partial charge in [0.1, 0.15) is 5.82 Å². The zero-order valence-corrected chi connectivity index (χ0v) is 16.9. The maximum Gasteiger partial charge on any atom is 0.284 e. The third kappa shape index (κ3) is 3.75. The summed E-state index contributed by atoms with van der Waals surface area (Å²) in [5.41, 5.74) is 3.48. The number of carbonyl (C=O) groups is 1. The van der Waals surface area contributed by atoms with Crippen LogP contribution in [-0.2, 0) is 0 Å². The molecular weight excluding hydrogens is 393 g/mol. The SMILES string of the molecule is Cc1ccc(-n2c(C)cc(C(=O)CSc3nnc(-c4ccco4)o3)c2C)cc1F. The van der Waals surface area contributed by atoms with E-state index in [2.05, 4.69) is 10.2 Å². The monoisotopic (exact) mass is 411 g/mol. The molecule has 1 aromatic carbocycles. The molecule has 0 aliphatic heterocycles. The topological polar surface area (TPSA) is 74.1 Å². The lowest BCUT2D eigenvalue weighted by Gasteiger charge is -2.11. The van der Waals surface area contributed by atoms with Crippen LogP contribution >= 0.6 is 11.8 Å². The van der Waals surface area contributed by atoms with Gasteiger partial charge >= 0.3 is 0 Å². The van der Waals surface area contributed by atoms with E-state index in [9.17, 15) is 9.18 Å². The molecule has 29 heavy (non-hydrogen) atoms. The Kier molecular flexibility index (Phi) is 5.10. The molecule has 4 rings (SSSR count). The molecular formula is C21H18FN3O3S. The van der Waals surface area contributed by atoms with Crippen LogP contribution in [-0.4, -0.2) is 26.3 Å². The number of furan rings is 1. The van der Waals surface area contributed by atoms with Crippen molar-refractivity contribution < 1.29 is 18.0 Å². The number of Topliss-reactive ketones (excluding diaryl/α,β-unsaturated/α-hetero) is 1.